The summed E-state index contributed by atoms with van der Waals surface area (Å²) >= 11 is 6.08. The van der Waals surface area contributed by atoms with Gasteiger partial charge in [-0.15, -0.1) is 0 Å². The Bertz CT molecular complexity index is 815. The minimum absolute atomic E-state index is 0.114. The third-order valence-corrected chi connectivity index (χ3v) is 3.70. The molecule has 2 aromatic rings. The highest BCUT2D eigenvalue weighted by molar-refractivity contribution is 6.33. The van der Waals surface area contributed by atoms with Crippen molar-refractivity contribution in [2.24, 2.45) is 0 Å². The van der Waals surface area contributed by atoms with Gasteiger partial charge in [0.15, 0.2) is 11.6 Å². The van der Waals surface area contributed by atoms with E-state index in [-0.39, 0.29) is 18.1 Å². The number of carbonyl (C=O) groups is 2. The molecule has 0 aliphatic carbocycles. The van der Waals surface area contributed by atoms with Crippen LogP contribution in [0.25, 0.3) is 0 Å². The number of nitrogens with one attached hydrogen (secondary N) is 3. The lowest BCUT2D eigenvalue weighted by atomic mass is 10.2. The third kappa shape index (κ3) is 5.70. The topological polar surface area (TPSA) is 70.2 Å². The highest BCUT2D eigenvalue weighted by atomic mass is 35.5. The van der Waals surface area contributed by atoms with Crippen LogP contribution in [-0.2, 0) is 9.59 Å². The molecule has 0 heterocycles. The summed E-state index contributed by atoms with van der Waals surface area (Å²) < 4.78 is 26.0. The van der Waals surface area contributed by atoms with Crippen molar-refractivity contribution in [2.75, 3.05) is 22.5 Å². The van der Waals surface area contributed by atoms with Gasteiger partial charge in [-0.3, -0.25) is 9.59 Å². The van der Waals surface area contributed by atoms with Gasteiger partial charge in [0.25, 0.3) is 0 Å². The molecule has 0 atom stereocenters. The molecule has 5 nitrogen and oxygen atoms in total. The second kappa shape index (κ2) is 9.15. The fraction of sp³-hybridized carbons (Fsp3) is 0.222. The summed E-state index contributed by atoms with van der Waals surface area (Å²) in [6.45, 7) is 1.76. The molecule has 2 amide bonds. The van der Waals surface area contributed by atoms with Gasteiger partial charge in [0.05, 0.1) is 17.3 Å². The van der Waals surface area contributed by atoms with Crippen molar-refractivity contribution in [2.45, 2.75) is 19.8 Å². The highest BCUT2D eigenvalue weighted by Gasteiger charge is 2.09. The number of halogens is 3. The Kier molecular flexibility index (Phi) is 6.91. The number of benzene rings is 2. The average molecular weight is 382 g/mol. The van der Waals surface area contributed by atoms with Crippen LogP contribution >= 0.6 is 11.6 Å². The van der Waals surface area contributed by atoms with E-state index in [1.807, 2.05) is 6.92 Å². The van der Waals surface area contributed by atoms with E-state index >= 15 is 0 Å². The minimum Gasteiger partial charge on any atom is -0.375 e. The molecule has 0 saturated carbocycles. The van der Waals surface area contributed by atoms with Crippen molar-refractivity contribution < 1.29 is 18.4 Å². The molecule has 0 aliphatic rings. The summed E-state index contributed by atoms with van der Waals surface area (Å²) in [5, 5.41) is 8.39. The molecule has 138 valence electrons. The molecular formula is C18H18ClF2N3O2. The molecule has 8 heteroatoms. The maximum Gasteiger partial charge on any atom is 0.243 e. The predicted molar refractivity (Wildman–Crippen MR) is 98.5 cm³/mol. The van der Waals surface area contributed by atoms with E-state index in [9.17, 15) is 18.4 Å². The number of anilines is 3. The highest BCUT2D eigenvalue weighted by Crippen LogP contribution is 2.25. The maximum atomic E-state index is 13.1. The number of carbonyl (C=O) groups excluding carboxylic acids is 2. The van der Waals surface area contributed by atoms with Gasteiger partial charge in [-0.2, -0.15) is 0 Å². The van der Waals surface area contributed by atoms with E-state index in [4.69, 9.17) is 11.6 Å². The summed E-state index contributed by atoms with van der Waals surface area (Å²) in [7, 11) is 0. The standard InChI is InChI=1S/C18H18ClF2N3O2/c1-2-3-17(25)23-12-4-6-13(19)16(9-12)22-10-18(26)24-11-5-7-14(20)15(21)8-11/h4-9,22H,2-3,10H2,1H3,(H,23,25)(H,24,26). The molecule has 2 rings (SSSR count). The normalized spacial score (nSPS) is 10.3. The first-order valence-electron chi connectivity index (χ1n) is 7.97. The Labute approximate surface area is 154 Å². The monoisotopic (exact) mass is 381 g/mol. The predicted octanol–water partition coefficient (Wildman–Crippen LogP) is 4.41. The van der Waals surface area contributed by atoms with E-state index in [2.05, 4.69) is 16.0 Å². The molecule has 0 bridgehead atoms. The maximum absolute atomic E-state index is 13.1. The lowest BCUT2D eigenvalue weighted by molar-refractivity contribution is -0.116. The first kappa shape index (κ1) is 19.7. The molecule has 3 N–H and O–H groups in total. The lowest BCUT2D eigenvalue weighted by Gasteiger charge is -2.12. The SMILES string of the molecule is CCCC(=O)Nc1ccc(Cl)c(NCC(=O)Nc2ccc(F)c(F)c2)c1. The molecular weight excluding hydrogens is 364 g/mol. The Balaban J connectivity index is 1.96. The van der Waals surface area contributed by atoms with Crippen LogP contribution in [0.1, 0.15) is 19.8 Å². The Morgan fingerprint density at radius 2 is 1.62 bits per heavy atom. The van der Waals surface area contributed by atoms with Crippen LogP contribution in [0.5, 0.6) is 0 Å². The number of hydrogen-bond donors (Lipinski definition) is 3. The lowest BCUT2D eigenvalue weighted by Crippen LogP contribution is -2.22. The van der Waals surface area contributed by atoms with Crippen LogP contribution in [0, 0.1) is 11.6 Å². The van der Waals surface area contributed by atoms with Gasteiger partial charge in [0.1, 0.15) is 0 Å². The molecule has 0 spiro atoms. The zero-order valence-electron chi connectivity index (χ0n) is 14.0. The largest absolute Gasteiger partial charge is 0.375 e. The van der Waals surface area contributed by atoms with Crippen molar-refractivity contribution in [3.8, 4) is 0 Å². The van der Waals surface area contributed by atoms with Gasteiger partial charge in [0, 0.05) is 23.9 Å². The van der Waals surface area contributed by atoms with Crippen LogP contribution in [0.15, 0.2) is 36.4 Å². The molecule has 0 fully saturated rings. The summed E-state index contributed by atoms with van der Waals surface area (Å²) in [5.41, 5.74) is 1.15. The smallest absolute Gasteiger partial charge is 0.243 e. The Hall–Kier alpha value is -2.67. The zero-order chi connectivity index (χ0) is 19.1. The van der Waals surface area contributed by atoms with E-state index < -0.39 is 17.5 Å². The first-order chi connectivity index (χ1) is 12.4. The molecule has 0 aliphatic heterocycles. The van der Waals surface area contributed by atoms with Gasteiger partial charge < -0.3 is 16.0 Å². The van der Waals surface area contributed by atoms with Crippen molar-refractivity contribution in [3.05, 3.63) is 53.1 Å². The second-order valence-electron chi connectivity index (χ2n) is 5.52. The molecule has 0 unspecified atom stereocenters. The van der Waals surface area contributed by atoms with Crippen molar-refractivity contribution in [3.63, 3.8) is 0 Å². The van der Waals surface area contributed by atoms with Gasteiger partial charge in [-0.25, -0.2) is 8.78 Å². The molecule has 0 radical (unpaired) electrons. The van der Waals surface area contributed by atoms with Crippen LogP contribution in [0.3, 0.4) is 0 Å². The van der Waals surface area contributed by atoms with E-state index in [0.29, 0.717) is 22.8 Å². The summed E-state index contributed by atoms with van der Waals surface area (Å²) in [4.78, 5) is 23.6. The van der Waals surface area contributed by atoms with Crippen LogP contribution in [0.4, 0.5) is 25.8 Å². The number of rotatable bonds is 7. The van der Waals surface area contributed by atoms with Crippen LogP contribution in [-0.4, -0.2) is 18.4 Å². The van der Waals surface area contributed by atoms with Gasteiger partial charge >= 0.3 is 0 Å². The summed E-state index contributed by atoms with van der Waals surface area (Å²) in [6.07, 6.45) is 1.14. The zero-order valence-corrected chi connectivity index (χ0v) is 14.8. The van der Waals surface area contributed by atoms with Crippen LogP contribution < -0.4 is 16.0 Å². The van der Waals surface area contributed by atoms with E-state index in [1.165, 1.54) is 6.07 Å². The van der Waals surface area contributed by atoms with Gasteiger partial charge in [0.2, 0.25) is 11.8 Å². The van der Waals surface area contributed by atoms with E-state index in [1.54, 1.807) is 18.2 Å². The second-order valence-corrected chi connectivity index (χ2v) is 5.93. The molecule has 26 heavy (non-hydrogen) atoms. The Morgan fingerprint density at radius 1 is 0.962 bits per heavy atom. The van der Waals surface area contributed by atoms with E-state index in [0.717, 1.165) is 18.6 Å². The fourth-order valence-electron chi connectivity index (χ4n) is 2.14. The van der Waals surface area contributed by atoms with Crippen molar-refractivity contribution in [1.29, 1.82) is 0 Å². The van der Waals surface area contributed by atoms with Crippen molar-refractivity contribution >= 4 is 40.5 Å². The summed E-state index contributed by atoms with van der Waals surface area (Å²) in [6, 6.07) is 7.94. The van der Waals surface area contributed by atoms with Crippen molar-refractivity contribution in [1.82, 2.24) is 0 Å². The quantitative estimate of drug-likeness (QED) is 0.665. The minimum atomic E-state index is -1.05. The number of hydrogen-bond acceptors (Lipinski definition) is 3. The fourth-order valence-corrected chi connectivity index (χ4v) is 2.33. The number of amides is 2. The van der Waals surface area contributed by atoms with Gasteiger partial charge in [-0.1, -0.05) is 18.5 Å². The molecule has 0 aromatic heterocycles. The first-order valence-corrected chi connectivity index (χ1v) is 8.35. The van der Waals surface area contributed by atoms with Gasteiger partial charge in [-0.05, 0) is 36.8 Å². The molecule has 0 saturated heterocycles. The molecule has 2 aromatic carbocycles. The Morgan fingerprint density at radius 3 is 2.31 bits per heavy atom. The van der Waals surface area contributed by atoms with Crippen LogP contribution in [0.2, 0.25) is 5.02 Å². The third-order valence-electron chi connectivity index (χ3n) is 3.37. The average Bonchev–Trinajstić information content (AvgIpc) is 2.59. The summed E-state index contributed by atoms with van der Waals surface area (Å²) in [5.74, 6) is -2.62.